The molecule has 0 N–H and O–H groups in total. The summed E-state index contributed by atoms with van der Waals surface area (Å²) in [6, 6.07) is 12.0. The van der Waals surface area contributed by atoms with Crippen LogP contribution in [-0.4, -0.2) is 33.3 Å². The van der Waals surface area contributed by atoms with Crippen LogP contribution in [0.5, 0.6) is 11.5 Å². The molecule has 0 unspecified atom stereocenters. The summed E-state index contributed by atoms with van der Waals surface area (Å²) in [6.07, 6.45) is 3.34. The van der Waals surface area contributed by atoms with E-state index in [-0.39, 0.29) is 0 Å². The minimum Gasteiger partial charge on any atom is -0.497 e. The van der Waals surface area contributed by atoms with Crippen molar-refractivity contribution in [2.24, 2.45) is 0 Å². The van der Waals surface area contributed by atoms with Gasteiger partial charge in [-0.2, -0.15) is 0 Å². The van der Waals surface area contributed by atoms with Crippen LogP contribution in [0.2, 0.25) is 0 Å². The minimum atomic E-state index is -0.458. The van der Waals surface area contributed by atoms with Crippen molar-refractivity contribution in [2.45, 2.75) is 0 Å². The molecule has 1 aliphatic rings. The maximum absolute atomic E-state index is 12.2. The zero-order valence-corrected chi connectivity index (χ0v) is 15.1. The van der Waals surface area contributed by atoms with Crippen molar-refractivity contribution in [3.05, 3.63) is 70.8 Å². The van der Waals surface area contributed by atoms with Crippen LogP contribution in [0.15, 0.2) is 54.1 Å². The Hall–Kier alpha value is -3.54. The quantitative estimate of drug-likeness (QED) is 0.596. The van der Waals surface area contributed by atoms with E-state index in [4.69, 9.17) is 14.2 Å². The molecule has 0 bridgehead atoms. The average Bonchev–Trinajstić information content (AvgIpc) is 3.07. The van der Waals surface area contributed by atoms with Crippen molar-refractivity contribution < 1.29 is 28.5 Å². The van der Waals surface area contributed by atoms with Crippen molar-refractivity contribution in [2.75, 3.05) is 21.3 Å². The second-order valence-corrected chi connectivity index (χ2v) is 5.68. The predicted molar refractivity (Wildman–Crippen MR) is 99.4 cm³/mol. The van der Waals surface area contributed by atoms with Gasteiger partial charge in [0.25, 0.3) is 0 Å². The molecular weight excluding hydrogens is 348 g/mol. The van der Waals surface area contributed by atoms with Crippen LogP contribution < -0.4 is 9.47 Å². The molecule has 1 aliphatic heterocycles. The Morgan fingerprint density at radius 2 is 1.74 bits per heavy atom. The Morgan fingerprint density at radius 3 is 2.37 bits per heavy atom. The van der Waals surface area contributed by atoms with Gasteiger partial charge in [0.1, 0.15) is 17.3 Å². The number of rotatable bonds is 5. The lowest BCUT2D eigenvalue weighted by molar-refractivity contribution is -0.130. The Kier molecular flexibility index (Phi) is 5.26. The smallest absolute Gasteiger partial charge is 0.343 e. The monoisotopic (exact) mass is 366 g/mol. The highest BCUT2D eigenvalue weighted by molar-refractivity contribution is 6.05. The van der Waals surface area contributed by atoms with E-state index in [1.165, 1.54) is 14.2 Å². The molecule has 0 fully saturated rings. The van der Waals surface area contributed by atoms with Crippen molar-refractivity contribution in [3.63, 3.8) is 0 Å². The first-order valence-corrected chi connectivity index (χ1v) is 8.12. The largest absolute Gasteiger partial charge is 0.497 e. The SMILES string of the molecule is COC(=O)c1ccc(/C=C2/C=C(c3ccc(OC)cc3OC)OC2=O)cc1. The van der Waals surface area contributed by atoms with Crippen LogP contribution in [-0.2, 0) is 14.3 Å². The van der Waals surface area contributed by atoms with Crippen LogP contribution in [0.3, 0.4) is 0 Å². The van der Waals surface area contributed by atoms with Gasteiger partial charge in [0.2, 0.25) is 0 Å². The van der Waals surface area contributed by atoms with Crippen molar-refractivity contribution in [1.82, 2.24) is 0 Å². The van der Waals surface area contributed by atoms with Crippen molar-refractivity contribution in [1.29, 1.82) is 0 Å². The highest BCUT2D eigenvalue weighted by atomic mass is 16.5. The second-order valence-electron chi connectivity index (χ2n) is 5.68. The number of carbonyl (C=O) groups is 2. The fraction of sp³-hybridized carbons (Fsp3) is 0.143. The van der Waals surface area contributed by atoms with E-state index in [0.29, 0.717) is 34.0 Å². The molecule has 1 heterocycles. The summed E-state index contributed by atoms with van der Waals surface area (Å²) in [5.74, 6) is 0.708. The number of benzene rings is 2. The molecule has 2 aromatic rings. The fourth-order valence-corrected chi connectivity index (χ4v) is 2.64. The number of cyclic esters (lactones) is 1. The molecule has 138 valence electrons. The molecular formula is C21H18O6. The van der Waals surface area contributed by atoms with Gasteiger partial charge in [0.15, 0.2) is 0 Å². The van der Waals surface area contributed by atoms with Gasteiger partial charge in [-0.3, -0.25) is 0 Å². The molecule has 0 aliphatic carbocycles. The van der Waals surface area contributed by atoms with Crippen LogP contribution in [0, 0.1) is 0 Å². The van der Waals surface area contributed by atoms with E-state index < -0.39 is 11.9 Å². The molecule has 3 rings (SSSR count). The van der Waals surface area contributed by atoms with Crippen LogP contribution in [0.1, 0.15) is 21.5 Å². The van der Waals surface area contributed by atoms with Crippen LogP contribution in [0.25, 0.3) is 11.8 Å². The Balaban J connectivity index is 1.90. The molecule has 27 heavy (non-hydrogen) atoms. The number of hydrogen-bond acceptors (Lipinski definition) is 6. The minimum absolute atomic E-state index is 0.397. The molecule has 0 saturated carbocycles. The van der Waals surface area contributed by atoms with Crippen LogP contribution in [0.4, 0.5) is 0 Å². The Morgan fingerprint density at radius 1 is 1.00 bits per heavy atom. The molecule has 0 aromatic heterocycles. The normalized spacial score (nSPS) is 14.6. The third-order valence-electron chi connectivity index (χ3n) is 4.05. The first-order chi connectivity index (χ1) is 13.0. The Labute approximate surface area is 156 Å². The van der Waals surface area contributed by atoms with Gasteiger partial charge in [0.05, 0.1) is 38.0 Å². The molecule has 6 heteroatoms. The molecule has 2 aromatic carbocycles. The number of esters is 2. The first kappa shape index (κ1) is 18.3. The lowest BCUT2D eigenvalue weighted by Gasteiger charge is -2.10. The Bertz CT molecular complexity index is 938. The maximum Gasteiger partial charge on any atom is 0.343 e. The van der Waals surface area contributed by atoms with Gasteiger partial charge in [-0.25, -0.2) is 9.59 Å². The highest BCUT2D eigenvalue weighted by Crippen LogP contribution is 2.35. The molecule has 0 spiro atoms. The molecule has 0 amide bonds. The summed E-state index contributed by atoms with van der Waals surface area (Å²) in [6.45, 7) is 0. The first-order valence-electron chi connectivity index (χ1n) is 8.12. The number of hydrogen-bond donors (Lipinski definition) is 0. The number of methoxy groups -OCH3 is 3. The average molecular weight is 366 g/mol. The fourth-order valence-electron chi connectivity index (χ4n) is 2.64. The van der Waals surface area contributed by atoms with E-state index in [1.807, 2.05) is 0 Å². The summed E-state index contributed by atoms with van der Waals surface area (Å²) in [7, 11) is 4.43. The summed E-state index contributed by atoms with van der Waals surface area (Å²) in [5, 5.41) is 0. The molecule has 6 nitrogen and oxygen atoms in total. The second kappa shape index (κ2) is 7.78. The van der Waals surface area contributed by atoms with E-state index in [9.17, 15) is 9.59 Å². The summed E-state index contributed by atoms with van der Waals surface area (Å²) in [5.41, 5.74) is 2.24. The number of carbonyl (C=O) groups excluding carboxylic acids is 2. The van der Waals surface area contributed by atoms with Gasteiger partial charge in [-0.1, -0.05) is 12.1 Å². The summed E-state index contributed by atoms with van der Waals surface area (Å²) >= 11 is 0. The van der Waals surface area contributed by atoms with Gasteiger partial charge in [-0.05, 0) is 42.0 Å². The maximum atomic E-state index is 12.2. The summed E-state index contributed by atoms with van der Waals surface area (Å²) in [4.78, 5) is 23.7. The van der Waals surface area contributed by atoms with Gasteiger partial charge < -0.3 is 18.9 Å². The lowest BCUT2D eigenvalue weighted by atomic mass is 10.1. The zero-order chi connectivity index (χ0) is 19.4. The van der Waals surface area contributed by atoms with Gasteiger partial charge in [-0.15, -0.1) is 0 Å². The van der Waals surface area contributed by atoms with E-state index >= 15 is 0 Å². The predicted octanol–water partition coefficient (Wildman–Crippen LogP) is 3.47. The lowest BCUT2D eigenvalue weighted by Crippen LogP contribution is -2.00. The van der Waals surface area contributed by atoms with Crippen LogP contribution >= 0.6 is 0 Å². The third-order valence-corrected chi connectivity index (χ3v) is 4.05. The van der Waals surface area contributed by atoms with Gasteiger partial charge in [0, 0.05) is 6.07 Å². The topological polar surface area (TPSA) is 71.1 Å². The standard InChI is InChI=1S/C21H18O6/c1-24-16-8-9-17(18(12-16)25-2)19-11-15(21(23)27-19)10-13-4-6-14(7-5-13)20(22)26-3/h4-12H,1-3H3/b15-10-. The number of ether oxygens (including phenoxy) is 4. The van der Waals surface area contributed by atoms with Gasteiger partial charge >= 0.3 is 11.9 Å². The zero-order valence-electron chi connectivity index (χ0n) is 15.1. The van der Waals surface area contributed by atoms with E-state index in [1.54, 1.807) is 61.7 Å². The molecule has 0 atom stereocenters. The highest BCUT2D eigenvalue weighted by Gasteiger charge is 2.24. The molecule has 0 radical (unpaired) electrons. The summed E-state index contributed by atoms with van der Waals surface area (Å²) < 4.78 is 20.6. The van der Waals surface area contributed by atoms with Crippen molar-refractivity contribution >= 4 is 23.8 Å². The third kappa shape index (κ3) is 3.84. The van der Waals surface area contributed by atoms with Crippen molar-refractivity contribution in [3.8, 4) is 11.5 Å². The van der Waals surface area contributed by atoms with E-state index in [0.717, 1.165) is 5.56 Å². The molecule has 0 saturated heterocycles. The van der Waals surface area contributed by atoms with E-state index in [2.05, 4.69) is 4.74 Å².